The molecule has 2 aliphatic rings. The molecule has 3 aromatic rings. The van der Waals surface area contributed by atoms with Gasteiger partial charge in [0.1, 0.15) is 11.7 Å². The fraction of sp³-hybridized carbons (Fsp3) is 0.433. The van der Waals surface area contributed by atoms with Gasteiger partial charge in [0.25, 0.3) is 5.91 Å². The van der Waals surface area contributed by atoms with Crippen molar-refractivity contribution in [2.24, 2.45) is 10.9 Å². The molecular formula is C30H34N4O4. The quantitative estimate of drug-likeness (QED) is 0.523. The number of amides is 2. The van der Waals surface area contributed by atoms with E-state index in [1.165, 1.54) is 0 Å². The van der Waals surface area contributed by atoms with Gasteiger partial charge in [-0.1, -0.05) is 49.3 Å². The number of aliphatic imine (C=N–C) groups is 1. The number of nitrogens with zero attached hydrogens (tertiary/aromatic N) is 4. The van der Waals surface area contributed by atoms with Crippen LogP contribution >= 0.6 is 0 Å². The molecule has 1 saturated heterocycles. The molecule has 8 heteroatoms. The van der Waals surface area contributed by atoms with E-state index < -0.39 is 23.5 Å². The Bertz CT molecular complexity index is 1390. The summed E-state index contributed by atoms with van der Waals surface area (Å²) in [6, 6.07) is 13.3. The number of hydrogen-bond acceptors (Lipinski definition) is 6. The smallest absolute Gasteiger partial charge is 0.256 e. The summed E-state index contributed by atoms with van der Waals surface area (Å²) < 4.78 is 5.46. The molecule has 0 saturated carbocycles. The first-order valence-corrected chi connectivity index (χ1v) is 13.1. The molecule has 0 aliphatic carbocycles. The number of pyridine rings is 1. The predicted octanol–water partition coefficient (Wildman–Crippen LogP) is 4.38. The summed E-state index contributed by atoms with van der Waals surface area (Å²) in [5, 5.41) is 14.5. The number of aryl methyl sites for hydroxylation is 2. The summed E-state index contributed by atoms with van der Waals surface area (Å²) in [4.78, 5) is 37.6. The molecule has 1 fully saturated rings. The Morgan fingerprint density at radius 3 is 2.55 bits per heavy atom. The molecule has 0 radical (unpaired) electrons. The van der Waals surface area contributed by atoms with Gasteiger partial charge < -0.3 is 14.5 Å². The third-order valence-corrected chi connectivity index (χ3v) is 7.92. The van der Waals surface area contributed by atoms with Gasteiger partial charge in [-0.05, 0) is 43.9 Å². The Labute approximate surface area is 222 Å². The van der Waals surface area contributed by atoms with Crippen molar-refractivity contribution in [1.29, 1.82) is 0 Å². The monoisotopic (exact) mass is 514 g/mol. The minimum absolute atomic E-state index is 0.0346. The maximum atomic E-state index is 13.8. The average Bonchev–Trinajstić information content (AvgIpc) is 3.57. The number of β-amino-alcohol motifs (C(OH)–C–C–N with tert-alkyl or cyclic N) is 1. The first kappa shape index (κ1) is 26.0. The number of aliphatic hydroxyl groups is 1. The first-order chi connectivity index (χ1) is 18.1. The highest BCUT2D eigenvalue weighted by molar-refractivity contribution is 6.11. The van der Waals surface area contributed by atoms with E-state index in [0.717, 1.165) is 22.4 Å². The van der Waals surface area contributed by atoms with Crippen molar-refractivity contribution in [1.82, 2.24) is 15.0 Å². The van der Waals surface area contributed by atoms with Crippen LogP contribution in [0.4, 0.5) is 0 Å². The second kappa shape index (κ2) is 9.91. The topological polar surface area (TPSA) is 109 Å². The highest BCUT2D eigenvalue weighted by atomic mass is 16.5. The maximum absolute atomic E-state index is 13.8. The Kier molecular flexibility index (Phi) is 6.77. The molecular weight excluding hydrogens is 480 g/mol. The zero-order valence-corrected chi connectivity index (χ0v) is 22.5. The van der Waals surface area contributed by atoms with E-state index in [-0.39, 0.29) is 24.3 Å². The largest absolute Gasteiger partial charge is 0.391 e. The molecule has 0 spiro atoms. The van der Waals surface area contributed by atoms with Gasteiger partial charge in [0.05, 0.1) is 23.3 Å². The number of rotatable bonds is 6. The van der Waals surface area contributed by atoms with Crippen molar-refractivity contribution in [2.45, 2.75) is 70.9 Å². The van der Waals surface area contributed by atoms with E-state index >= 15 is 0 Å². The van der Waals surface area contributed by atoms with Gasteiger partial charge in [-0.15, -0.1) is 0 Å². The van der Waals surface area contributed by atoms with Crippen molar-refractivity contribution in [3.63, 3.8) is 0 Å². The summed E-state index contributed by atoms with van der Waals surface area (Å²) in [5.74, 6) is -0.416. The normalized spacial score (nSPS) is 24.2. The van der Waals surface area contributed by atoms with Crippen LogP contribution in [0.2, 0.25) is 0 Å². The lowest BCUT2D eigenvalue weighted by molar-refractivity contribution is -0.134. The van der Waals surface area contributed by atoms with Crippen molar-refractivity contribution < 1.29 is 19.2 Å². The van der Waals surface area contributed by atoms with Gasteiger partial charge in [-0.3, -0.25) is 14.6 Å². The lowest BCUT2D eigenvalue weighted by atomic mass is 9.78. The third-order valence-electron chi connectivity index (χ3n) is 7.92. The molecule has 2 amide bonds. The van der Waals surface area contributed by atoms with Crippen molar-refractivity contribution in [3.05, 3.63) is 71.4 Å². The molecule has 198 valence electrons. The molecule has 2 aliphatic heterocycles. The van der Waals surface area contributed by atoms with Crippen molar-refractivity contribution in [2.75, 3.05) is 6.54 Å². The second-order valence-corrected chi connectivity index (χ2v) is 11.1. The summed E-state index contributed by atoms with van der Waals surface area (Å²) in [5.41, 5.74) is 4.43. The van der Waals surface area contributed by atoms with E-state index in [1.54, 1.807) is 17.2 Å². The number of aromatic nitrogens is 2. The predicted molar refractivity (Wildman–Crippen MR) is 144 cm³/mol. The molecule has 8 nitrogen and oxygen atoms in total. The van der Waals surface area contributed by atoms with Crippen LogP contribution in [-0.2, 0) is 15.0 Å². The van der Waals surface area contributed by atoms with Crippen LogP contribution in [0.25, 0.3) is 11.1 Å². The lowest BCUT2D eigenvalue weighted by Crippen LogP contribution is -2.44. The Morgan fingerprint density at radius 2 is 1.92 bits per heavy atom. The minimum Gasteiger partial charge on any atom is -0.391 e. The van der Waals surface area contributed by atoms with Crippen LogP contribution in [0.3, 0.4) is 0 Å². The number of benzene rings is 1. The lowest BCUT2D eigenvalue weighted by Gasteiger charge is -2.30. The first-order valence-electron chi connectivity index (χ1n) is 13.1. The summed E-state index contributed by atoms with van der Waals surface area (Å²) in [7, 11) is 0. The number of aliphatic hydroxyl groups excluding tert-OH is 1. The highest BCUT2D eigenvalue weighted by Crippen LogP contribution is 2.39. The van der Waals surface area contributed by atoms with E-state index in [4.69, 9.17) is 4.52 Å². The number of carbonyl (C=O) groups excluding carboxylic acids is 2. The summed E-state index contributed by atoms with van der Waals surface area (Å²) in [6.45, 7) is 9.83. The van der Waals surface area contributed by atoms with Gasteiger partial charge in [-0.25, -0.2) is 4.99 Å². The number of carbonyl (C=O) groups is 2. The molecule has 0 unspecified atom stereocenters. The van der Waals surface area contributed by atoms with Crippen LogP contribution in [0.15, 0.2) is 58.2 Å². The van der Waals surface area contributed by atoms with E-state index in [0.29, 0.717) is 30.0 Å². The van der Waals surface area contributed by atoms with Gasteiger partial charge in [0.15, 0.2) is 0 Å². The van der Waals surface area contributed by atoms with Crippen LogP contribution in [0.5, 0.6) is 0 Å². The van der Waals surface area contributed by atoms with E-state index in [2.05, 4.69) is 15.1 Å². The van der Waals surface area contributed by atoms with Crippen LogP contribution < -0.4 is 0 Å². The molecule has 4 atom stereocenters. The Balaban J connectivity index is 1.39. The molecule has 38 heavy (non-hydrogen) atoms. The zero-order valence-electron chi connectivity index (χ0n) is 22.5. The molecule has 2 aromatic heterocycles. The molecule has 4 heterocycles. The third kappa shape index (κ3) is 4.58. The van der Waals surface area contributed by atoms with Gasteiger partial charge in [-0.2, -0.15) is 0 Å². The number of likely N-dealkylation sites (tertiary alicyclic amines) is 1. The summed E-state index contributed by atoms with van der Waals surface area (Å²) in [6.07, 6.45) is 1.84. The zero-order chi connectivity index (χ0) is 27.2. The SMILES string of the molecule is Cc1cc([C@H](C(=O)N2C[C@H](O)C[C@H]2C2=NC(=O)[C@](C)(c3ccc(-c4cccnc4C)cc3)C2)C(C)C)on1. The van der Waals surface area contributed by atoms with Crippen LogP contribution in [-0.4, -0.2) is 56.4 Å². The van der Waals surface area contributed by atoms with Crippen LogP contribution in [0, 0.1) is 19.8 Å². The van der Waals surface area contributed by atoms with Gasteiger partial charge in [0.2, 0.25) is 5.91 Å². The fourth-order valence-electron chi connectivity index (χ4n) is 5.77. The minimum atomic E-state index is -0.834. The average molecular weight is 515 g/mol. The van der Waals surface area contributed by atoms with E-state index in [1.807, 2.05) is 71.0 Å². The maximum Gasteiger partial charge on any atom is 0.256 e. The Morgan fingerprint density at radius 1 is 1.18 bits per heavy atom. The molecule has 1 N–H and O–H groups in total. The molecule has 5 rings (SSSR count). The second-order valence-electron chi connectivity index (χ2n) is 11.1. The van der Waals surface area contributed by atoms with Crippen molar-refractivity contribution in [3.8, 4) is 11.1 Å². The fourth-order valence-corrected chi connectivity index (χ4v) is 5.77. The molecule has 0 bridgehead atoms. The summed E-state index contributed by atoms with van der Waals surface area (Å²) >= 11 is 0. The highest BCUT2D eigenvalue weighted by Gasteiger charge is 2.48. The van der Waals surface area contributed by atoms with Gasteiger partial charge >= 0.3 is 0 Å². The van der Waals surface area contributed by atoms with Crippen LogP contribution in [0.1, 0.15) is 62.2 Å². The van der Waals surface area contributed by atoms with E-state index in [9.17, 15) is 14.7 Å². The number of hydrogen-bond donors (Lipinski definition) is 1. The van der Waals surface area contributed by atoms with Gasteiger partial charge in [0, 0.05) is 48.6 Å². The Hall–Kier alpha value is -3.65. The molecule has 1 aromatic carbocycles. The standard InChI is InChI=1S/C30H34N4O4/c1-17(2)27(26-13-18(3)33-38-26)28(36)34-16-22(35)14-25(34)24-15-30(5,29(37)32-24)21-10-8-20(9-11-21)23-7-6-12-31-19(23)4/h6-13,17,22,25,27,35H,14-16H2,1-5H3/t22-,25+,27-,30+/m1/s1. The van der Waals surface area contributed by atoms with Crippen molar-refractivity contribution >= 4 is 17.5 Å².